The van der Waals surface area contributed by atoms with Crippen LogP contribution >= 0.6 is 0 Å². The largest absolute Gasteiger partial charge is 0.478 e. The molecule has 126 valence electrons. The summed E-state index contributed by atoms with van der Waals surface area (Å²) < 4.78 is 33.7. The van der Waals surface area contributed by atoms with Gasteiger partial charge in [-0.3, -0.25) is 0 Å². The second kappa shape index (κ2) is 6.55. The summed E-state index contributed by atoms with van der Waals surface area (Å²) in [6.45, 7) is 6.07. The van der Waals surface area contributed by atoms with Gasteiger partial charge in [0.1, 0.15) is 17.1 Å². The molecule has 0 aliphatic heterocycles. The Bertz CT molecular complexity index is 804. The van der Waals surface area contributed by atoms with Crippen molar-refractivity contribution in [2.45, 2.75) is 38.9 Å². The van der Waals surface area contributed by atoms with Crippen LogP contribution in [0.4, 0.5) is 0 Å². The van der Waals surface area contributed by atoms with Crippen LogP contribution in [0.2, 0.25) is 0 Å². The van der Waals surface area contributed by atoms with E-state index in [4.69, 9.17) is 9.52 Å². The summed E-state index contributed by atoms with van der Waals surface area (Å²) in [5, 5.41) is 8.86. The Hall–Kier alpha value is -2.13. The summed E-state index contributed by atoms with van der Waals surface area (Å²) in [5.74, 6) is -0.293. The number of furan rings is 1. The zero-order valence-corrected chi connectivity index (χ0v) is 13.9. The molecule has 0 amide bonds. The number of carboxylic acids is 1. The molecular formula is C14H19N3O5S. The molecule has 0 aliphatic rings. The van der Waals surface area contributed by atoms with Crippen molar-refractivity contribution in [1.29, 1.82) is 0 Å². The van der Waals surface area contributed by atoms with Gasteiger partial charge >= 0.3 is 5.97 Å². The first-order chi connectivity index (χ1) is 10.7. The van der Waals surface area contributed by atoms with Gasteiger partial charge in [-0.05, 0) is 18.9 Å². The molecule has 0 saturated carbocycles. The molecule has 2 N–H and O–H groups in total. The second-order valence-electron chi connectivity index (χ2n) is 5.61. The maximum Gasteiger partial charge on any atom is 0.339 e. The molecular weight excluding hydrogens is 322 g/mol. The van der Waals surface area contributed by atoms with E-state index in [1.54, 1.807) is 4.57 Å². The average Bonchev–Trinajstić information content (AvgIpc) is 3.03. The van der Waals surface area contributed by atoms with E-state index in [-0.39, 0.29) is 28.7 Å². The van der Waals surface area contributed by atoms with E-state index < -0.39 is 16.0 Å². The molecule has 0 saturated heterocycles. The Morgan fingerprint density at radius 2 is 2.17 bits per heavy atom. The highest BCUT2D eigenvalue weighted by atomic mass is 32.2. The number of imidazole rings is 1. The lowest BCUT2D eigenvalue weighted by Crippen LogP contribution is -2.23. The van der Waals surface area contributed by atoms with E-state index in [0.29, 0.717) is 12.5 Å². The van der Waals surface area contributed by atoms with Gasteiger partial charge in [0, 0.05) is 12.7 Å². The lowest BCUT2D eigenvalue weighted by Gasteiger charge is -2.04. The summed E-state index contributed by atoms with van der Waals surface area (Å²) in [6.07, 6.45) is 2.92. The van der Waals surface area contributed by atoms with Crippen molar-refractivity contribution in [3.05, 3.63) is 35.7 Å². The topological polar surface area (TPSA) is 114 Å². The van der Waals surface area contributed by atoms with Crippen LogP contribution in [-0.2, 0) is 23.1 Å². The third-order valence-electron chi connectivity index (χ3n) is 3.10. The van der Waals surface area contributed by atoms with Gasteiger partial charge in [0.25, 0.3) is 10.0 Å². The molecule has 2 rings (SSSR count). The Morgan fingerprint density at radius 1 is 1.48 bits per heavy atom. The van der Waals surface area contributed by atoms with Gasteiger partial charge in [-0.2, -0.15) is 0 Å². The Balaban J connectivity index is 2.08. The van der Waals surface area contributed by atoms with E-state index in [0.717, 1.165) is 0 Å². The van der Waals surface area contributed by atoms with E-state index >= 15 is 0 Å². The number of carboxylic acid groups (broad SMARTS) is 1. The first-order valence-corrected chi connectivity index (χ1v) is 8.51. The maximum atomic E-state index is 12.2. The SMILES string of the molecule is Cc1oc(CNS(=O)(=O)c2cn(CC(C)C)cn2)cc1C(=O)O. The lowest BCUT2D eigenvalue weighted by atomic mass is 10.2. The van der Waals surface area contributed by atoms with Crippen LogP contribution in [0.3, 0.4) is 0 Å². The molecule has 23 heavy (non-hydrogen) atoms. The number of aryl methyl sites for hydroxylation is 1. The van der Waals surface area contributed by atoms with Gasteiger partial charge < -0.3 is 14.1 Å². The average molecular weight is 341 g/mol. The van der Waals surface area contributed by atoms with Gasteiger partial charge in [-0.25, -0.2) is 22.9 Å². The highest BCUT2D eigenvalue weighted by molar-refractivity contribution is 7.89. The minimum Gasteiger partial charge on any atom is -0.478 e. The van der Waals surface area contributed by atoms with Crippen molar-refractivity contribution in [1.82, 2.24) is 14.3 Å². The van der Waals surface area contributed by atoms with E-state index in [2.05, 4.69) is 9.71 Å². The normalized spacial score (nSPS) is 12.0. The van der Waals surface area contributed by atoms with Crippen LogP contribution in [0, 0.1) is 12.8 Å². The van der Waals surface area contributed by atoms with E-state index in [9.17, 15) is 13.2 Å². The first-order valence-electron chi connectivity index (χ1n) is 7.03. The minimum atomic E-state index is -3.79. The number of rotatable bonds is 7. The molecule has 0 aliphatic carbocycles. The summed E-state index contributed by atoms with van der Waals surface area (Å²) in [4.78, 5) is 14.8. The van der Waals surface area contributed by atoms with Crippen molar-refractivity contribution in [3.63, 3.8) is 0 Å². The highest BCUT2D eigenvalue weighted by Gasteiger charge is 2.19. The van der Waals surface area contributed by atoms with Crippen LogP contribution in [0.25, 0.3) is 0 Å². The monoisotopic (exact) mass is 341 g/mol. The number of nitrogens with one attached hydrogen (secondary N) is 1. The highest BCUT2D eigenvalue weighted by Crippen LogP contribution is 2.15. The van der Waals surface area contributed by atoms with Crippen molar-refractivity contribution in [3.8, 4) is 0 Å². The number of aromatic carboxylic acids is 1. The molecule has 9 heteroatoms. The fourth-order valence-corrected chi connectivity index (χ4v) is 3.02. The first kappa shape index (κ1) is 17.2. The molecule has 0 radical (unpaired) electrons. The molecule has 0 bridgehead atoms. The summed E-state index contributed by atoms with van der Waals surface area (Å²) >= 11 is 0. The van der Waals surface area contributed by atoms with Crippen molar-refractivity contribution in [2.75, 3.05) is 0 Å². The molecule has 0 aromatic carbocycles. The Kier molecular flexibility index (Phi) is 4.90. The lowest BCUT2D eigenvalue weighted by molar-refractivity contribution is 0.0695. The smallest absolute Gasteiger partial charge is 0.339 e. The Morgan fingerprint density at radius 3 is 2.74 bits per heavy atom. The van der Waals surface area contributed by atoms with Gasteiger partial charge in [0.05, 0.1) is 12.9 Å². The third-order valence-corrected chi connectivity index (χ3v) is 4.38. The minimum absolute atomic E-state index is 0.0143. The van der Waals surface area contributed by atoms with Crippen LogP contribution < -0.4 is 4.72 Å². The summed E-state index contributed by atoms with van der Waals surface area (Å²) in [5.41, 5.74) is 0.0143. The molecule has 0 atom stereocenters. The fraction of sp³-hybridized carbons (Fsp3) is 0.429. The summed E-state index contributed by atoms with van der Waals surface area (Å²) in [7, 11) is -3.79. The number of carbonyl (C=O) groups is 1. The van der Waals surface area contributed by atoms with Crippen molar-refractivity contribution in [2.24, 2.45) is 5.92 Å². The molecule has 2 aromatic heterocycles. The number of hydrogen-bond acceptors (Lipinski definition) is 5. The quantitative estimate of drug-likeness (QED) is 0.791. The molecule has 0 spiro atoms. The van der Waals surface area contributed by atoms with Crippen LogP contribution in [-0.4, -0.2) is 29.0 Å². The summed E-state index contributed by atoms with van der Waals surface area (Å²) in [6, 6.07) is 1.30. The van der Waals surface area contributed by atoms with Crippen LogP contribution in [0.5, 0.6) is 0 Å². The van der Waals surface area contributed by atoms with Crippen LogP contribution in [0.15, 0.2) is 28.0 Å². The molecule has 8 nitrogen and oxygen atoms in total. The van der Waals surface area contributed by atoms with Crippen molar-refractivity contribution < 1.29 is 22.7 Å². The number of sulfonamides is 1. The number of nitrogens with zero attached hydrogens (tertiary/aromatic N) is 2. The van der Waals surface area contributed by atoms with E-state index in [1.165, 1.54) is 25.5 Å². The van der Waals surface area contributed by atoms with Gasteiger partial charge in [-0.1, -0.05) is 13.8 Å². The van der Waals surface area contributed by atoms with Gasteiger partial charge in [0.2, 0.25) is 0 Å². The number of hydrogen-bond donors (Lipinski definition) is 2. The Labute approximate surface area is 134 Å². The van der Waals surface area contributed by atoms with Crippen molar-refractivity contribution >= 4 is 16.0 Å². The van der Waals surface area contributed by atoms with E-state index in [1.807, 2.05) is 13.8 Å². The molecule has 2 aromatic rings. The fourth-order valence-electron chi connectivity index (χ4n) is 2.08. The van der Waals surface area contributed by atoms with Crippen LogP contribution in [0.1, 0.15) is 35.7 Å². The predicted molar refractivity (Wildman–Crippen MR) is 81.5 cm³/mol. The van der Waals surface area contributed by atoms with Gasteiger partial charge in [-0.15, -0.1) is 0 Å². The zero-order chi connectivity index (χ0) is 17.2. The number of aromatic nitrogens is 2. The zero-order valence-electron chi connectivity index (χ0n) is 13.1. The maximum absolute atomic E-state index is 12.2. The molecule has 0 unspecified atom stereocenters. The molecule has 2 heterocycles. The predicted octanol–water partition coefficient (Wildman–Crippen LogP) is 1.62. The standard InChI is InChI=1S/C14H19N3O5S/c1-9(2)6-17-7-13(15-8-17)23(20,21)16-5-11-4-12(14(18)19)10(3)22-11/h4,7-9,16H,5-6H2,1-3H3,(H,18,19). The van der Waals surface area contributed by atoms with Gasteiger partial charge in [0.15, 0.2) is 5.03 Å². The molecule has 0 fully saturated rings. The second-order valence-corrected chi connectivity index (χ2v) is 7.33. The third kappa shape index (κ3) is 4.20.